The number of carbonyl (C=O) groups excluding carboxylic acids is 1. The molecule has 1 saturated heterocycles. The van der Waals surface area contributed by atoms with Gasteiger partial charge in [0.15, 0.2) is 0 Å². The van der Waals surface area contributed by atoms with Crippen molar-refractivity contribution in [2.45, 2.75) is 6.42 Å². The van der Waals surface area contributed by atoms with Gasteiger partial charge in [-0.05, 0) is 54.0 Å². The fourth-order valence-electron chi connectivity index (χ4n) is 4.41. The second-order valence-corrected chi connectivity index (χ2v) is 8.39. The van der Waals surface area contributed by atoms with Crippen LogP contribution in [0.5, 0.6) is 0 Å². The Bertz CT molecular complexity index is 1370. The van der Waals surface area contributed by atoms with Gasteiger partial charge in [-0.15, -0.1) is 5.10 Å². The van der Waals surface area contributed by atoms with Gasteiger partial charge in [-0.2, -0.15) is 5.10 Å². The van der Waals surface area contributed by atoms with Crippen molar-refractivity contribution in [3.63, 3.8) is 0 Å². The standard InChI is InChI=1S/C25H24N6O3/c32-25(30-9-13-34-14-10-30)18-1-4-20(5-2-18)31-16-23(27-29-31)24-21-6-3-19(15-22(21)26-28-24)17-7-11-33-12-8-17/h1-7,15-16H,8-14H2,(H,26,28). The zero-order valence-electron chi connectivity index (χ0n) is 18.6. The maximum Gasteiger partial charge on any atom is 0.254 e. The number of hydrogen-bond donors (Lipinski definition) is 1. The molecule has 34 heavy (non-hydrogen) atoms. The van der Waals surface area contributed by atoms with Crippen molar-refractivity contribution in [2.24, 2.45) is 0 Å². The summed E-state index contributed by atoms with van der Waals surface area (Å²) in [4.78, 5) is 14.5. The second-order valence-electron chi connectivity index (χ2n) is 8.39. The van der Waals surface area contributed by atoms with Crippen LogP contribution >= 0.6 is 0 Å². The Labute approximate surface area is 196 Å². The molecule has 1 fully saturated rings. The number of nitrogens with zero attached hydrogens (tertiary/aromatic N) is 5. The van der Waals surface area contributed by atoms with E-state index in [1.165, 1.54) is 11.1 Å². The highest BCUT2D eigenvalue weighted by atomic mass is 16.5. The Morgan fingerprint density at radius 3 is 2.65 bits per heavy atom. The van der Waals surface area contributed by atoms with Gasteiger partial charge in [-0.3, -0.25) is 9.89 Å². The number of H-pyrrole nitrogens is 1. The summed E-state index contributed by atoms with van der Waals surface area (Å²) in [6, 6.07) is 13.7. The Hall–Kier alpha value is -3.82. The summed E-state index contributed by atoms with van der Waals surface area (Å²) in [6.07, 6.45) is 4.90. The highest BCUT2D eigenvalue weighted by Crippen LogP contribution is 2.29. The summed E-state index contributed by atoms with van der Waals surface area (Å²) < 4.78 is 12.4. The maximum atomic E-state index is 12.7. The number of aromatic amines is 1. The number of amides is 1. The third-order valence-corrected chi connectivity index (χ3v) is 6.31. The molecule has 0 spiro atoms. The molecular weight excluding hydrogens is 432 g/mol. The van der Waals surface area contributed by atoms with E-state index in [2.05, 4.69) is 44.8 Å². The summed E-state index contributed by atoms with van der Waals surface area (Å²) in [5.41, 5.74) is 6.35. The molecule has 6 rings (SSSR count). The zero-order valence-corrected chi connectivity index (χ0v) is 18.6. The average Bonchev–Trinajstić information content (AvgIpc) is 3.56. The van der Waals surface area contributed by atoms with Crippen LogP contribution in [0.2, 0.25) is 0 Å². The van der Waals surface area contributed by atoms with E-state index in [1.807, 2.05) is 35.4 Å². The van der Waals surface area contributed by atoms with E-state index >= 15 is 0 Å². The quantitative estimate of drug-likeness (QED) is 0.507. The zero-order chi connectivity index (χ0) is 22.9. The Morgan fingerprint density at radius 2 is 1.85 bits per heavy atom. The molecule has 0 radical (unpaired) electrons. The molecule has 2 aromatic carbocycles. The minimum absolute atomic E-state index is 0.0213. The van der Waals surface area contributed by atoms with Crippen LogP contribution in [0.4, 0.5) is 0 Å². The van der Waals surface area contributed by atoms with Crippen LogP contribution in [0.3, 0.4) is 0 Å². The lowest BCUT2D eigenvalue weighted by molar-refractivity contribution is 0.0303. The third-order valence-electron chi connectivity index (χ3n) is 6.31. The van der Waals surface area contributed by atoms with Crippen LogP contribution in [0.25, 0.3) is 33.6 Å². The van der Waals surface area contributed by atoms with Gasteiger partial charge in [-0.1, -0.05) is 17.4 Å². The lowest BCUT2D eigenvalue weighted by Gasteiger charge is -2.26. The van der Waals surface area contributed by atoms with E-state index in [0.717, 1.165) is 35.3 Å². The van der Waals surface area contributed by atoms with Crippen LogP contribution < -0.4 is 0 Å². The van der Waals surface area contributed by atoms with E-state index in [9.17, 15) is 4.79 Å². The smallest absolute Gasteiger partial charge is 0.254 e. The number of rotatable bonds is 4. The van der Waals surface area contributed by atoms with Gasteiger partial charge in [0.25, 0.3) is 5.91 Å². The molecule has 2 aliphatic heterocycles. The number of morpholine rings is 1. The minimum atomic E-state index is 0.0213. The van der Waals surface area contributed by atoms with E-state index in [-0.39, 0.29) is 5.91 Å². The lowest BCUT2D eigenvalue weighted by atomic mass is 10.00. The van der Waals surface area contributed by atoms with E-state index in [4.69, 9.17) is 9.47 Å². The largest absolute Gasteiger partial charge is 0.378 e. The van der Waals surface area contributed by atoms with Crippen molar-refractivity contribution < 1.29 is 14.3 Å². The monoisotopic (exact) mass is 456 g/mol. The van der Waals surface area contributed by atoms with Crippen molar-refractivity contribution >= 4 is 22.4 Å². The molecule has 0 atom stereocenters. The molecule has 172 valence electrons. The first-order valence-corrected chi connectivity index (χ1v) is 11.4. The summed E-state index contributed by atoms with van der Waals surface area (Å²) >= 11 is 0. The predicted molar refractivity (Wildman–Crippen MR) is 127 cm³/mol. The van der Waals surface area contributed by atoms with Crippen molar-refractivity contribution in [3.8, 4) is 17.1 Å². The van der Waals surface area contributed by atoms with Crippen LogP contribution in [0.1, 0.15) is 22.3 Å². The van der Waals surface area contributed by atoms with Crippen LogP contribution in [-0.2, 0) is 9.47 Å². The molecule has 9 nitrogen and oxygen atoms in total. The molecule has 1 amide bonds. The fourth-order valence-corrected chi connectivity index (χ4v) is 4.41. The van der Waals surface area contributed by atoms with Crippen molar-refractivity contribution in [3.05, 3.63) is 65.9 Å². The maximum absolute atomic E-state index is 12.7. The minimum Gasteiger partial charge on any atom is -0.378 e. The molecular formula is C25H24N6O3. The van der Waals surface area contributed by atoms with Gasteiger partial charge in [0.2, 0.25) is 0 Å². The van der Waals surface area contributed by atoms with Crippen LogP contribution in [-0.4, -0.2) is 75.5 Å². The topological polar surface area (TPSA) is 98.2 Å². The second kappa shape index (κ2) is 8.85. The number of aromatic nitrogens is 5. The Kier molecular flexibility index (Phi) is 5.40. The van der Waals surface area contributed by atoms with Crippen molar-refractivity contribution in [1.82, 2.24) is 30.1 Å². The first kappa shape index (κ1) is 20.8. The molecule has 0 unspecified atom stereocenters. The molecule has 0 bridgehead atoms. The normalized spacial score (nSPS) is 16.6. The molecule has 1 N–H and O–H groups in total. The number of nitrogens with one attached hydrogen (secondary N) is 1. The number of fused-ring (bicyclic) bond motifs is 1. The number of hydrogen-bond acceptors (Lipinski definition) is 6. The Morgan fingerprint density at radius 1 is 1.00 bits per heavy atom. The van der Waals surface area contributed by atoms with Gasteiger partial charge >= 0.3 is 0 Å². The fraction of sp³-hybridized carbons (Fsp3) is 0.280. The number of carbonyl (C=O) groups is 1. The molecule has 9 heteroatoms. The molecule has 0 aliphatic carbocycles. The van der Waals surface area contributed by atoms with E-state index in [1.54, 1.807) is 4.68 Å². The summed E-state index contributed by atoms with van der Waals surface area (Å²) in [7, 11) is 0. The first-order valence-electron chi connectivity index (χ1n) is 11.4. The number of benzene rings is 2. The first-order chi connectivity index (χ1) is 16.8. The Balaban J connectivity index is 1.23. The summed E-state index contributed by atoms with van der Waals surface area (Å²) in [5.74, 6) is 0.0213. The molecule has 2 aliphatic rings. The highest BCUT2D eigenvalue weighted by Gasteiger charge is 2.19. The molecule has 4 aromatic rings. The van der Waals surface area contributed by atoms with Crippen molar-refractivity contribution in [2.75, 3.05) is 39.5 Å². The van der Waals surface area contributed by atoms with Gasteiger partial charge in [0, 0.05) is 24.0 Å². The number of ether oxygens (including phenoxy) is 2. The van der Waals surface area contributed by atoms with Crippen molar-refractivity contribution in [1.29, 1.82) is 0 Å². The third kappa shape index (κ3) is 3.89. The van der Waals surface area contributed by atoms with E-state index < -0.39 is 0 Å². The van der Waals surface area contributed by atoms with Gasteiger partial charge in [0.1, 0.15) is 11.4 Å². The molecule has 0 saturated carbocycles. The highest BCUT2D eigenvalue weighted by molar-refractivity contribution is 5.95. The molecule has 4 heterocycles. The predicted octanol–water partition coefficient (Wildman–Crippen LogP) is 3.09. The van der Waals surface area contributed by atoms with Gasteiger partial charge < -0.3 is 14.4 Å². The average molecular weight is 457 g/mol. The molecule has 2 aromatic heterocycles. The lowest BCUT2D eigenvalue weighted by Crippen LogP contribution is -2.40. The summed E-state index contributed by atoms with van der Waals surface area (Å²) in [5, 5.41) is 17.3. The van der Waals surface area contributed by atoms with Gasteiger partial charge in [0.05, 0.1) is 43.8 Å². The van der Waals surface area contributed by atoms with Crippen LogP contribution in [0, 0.1) is 0 Å². The summed E-state index contributed by atoms with van der Waals surface area (Å²) in [6.45, 7) is 3.83. The van der Waals surface area contributed by atoms with Crippen LogP contribution in [0.15, 0.2) is 54.7 Å². The van der Waals surface area contributed by atoms with E-state index in [0.29, 0.717) is 44.2 Å². The van der Waals surface area contributed by atoms with Gasteiger partial charge in [-0.25, -0.2) is 4.68 Å². The SMILES string of the molecule is O=C(c1ccc(-n2cc(-c3n[nH]c4cc(C5=CCOCC5)ccc34)nn2)cc1)N1CCOCC1.